The first-order chi connectivity index (χ1) is 6.58. The van der Waals surface area contributed by atoms with Gasteiger partial charge in [0.2, 0.25) is 0 Å². The Morgan fingerprint density at radius 3 is 3.08 bits per heavy atom. The maximum absolute atomic E-state index is 8.80. The highest BCUT2D eigenvalue weighted by Crippen LogP contribution is 2.13. The van der Waals surface area contributed by atoms with E-state index in [0.29, 0.717) is 13.0 Å². The minimum Gasteiger partial charge on any atom is -0.396 e. The van der Waals surface area contributed by atoms with Crippen LogP contribution in [0.1, 0.15) is 34.8 Å². The summed E-state index contributed by atoms with van der Waals surface area (Å²) in [4.78, 5) is 0. The summed E-state index contributed by atoms with van der Waals surface area (Å²) in [6.45, 7) is -0.868. The smallest absolute Gasteiger partial charge is 0.157 e. The molecule has 1 atom stereocenters. The molecule has 0 aliphatic carbocycles. The third-order valence-corrected chi connectivity index (χ3v) is 1.87. The predicted molar refractivity (Wildman–Crippen MR) is 45.9 cm³/mol. The Kier molecular flexibility index (Phi) is 3.89. The highest BCUT2D eigenvalue weighted by Gasteiger charge is 2.12. The largest absolute Gasteiger partial charge is 0.396 e. The summed E-state index contributed by atoms with van der Waals surface area (Å²) in [7, 11) is 0. The van der Waals surface area contributed by atoms with Gasteiger partial charge in [0.1, 0.15) is 0 Å². The summed E-state index contributed by atoms with van der Waals surface area (Å²) in [5.74, 6) is 0. The van der Waals surface area contributed by atoms with Crippen molar-refractivity contribution >= 4 is 0 Å². The lowest BCUT2D eigenvalue weighted by molar-refractivity contribution is -0.163. The van der Waals surface area contributed by atoms with E-state index in [1.54, 1.807) is 0 Å². The topological polar surface area (TPSA) is 38.7 Å². The van der Waals surface area contributed by atoms with Crippen LogP contribution in [0.3, 0.4) is 0 Å². The maximum Gasteiger partial charge on any atom is 0.157 e. The van der Waals surface area contributed by atoms with Crippen molar-refractivity contribution in [2.24, 2.45) is 0 Å². The first-order valence-corrected chi connectivity index (χ1v) is 4.53. The Bertz CT molecular complexity index is 153. The van der Waals surface area contributed by atoms with Crippen LogP contribution in [-0.2, 0) is 9.47 Å². The lowest BCUT2D eigenvalue weighted by Crippen LogP contribution is -2.22. The minimum atomic E-state index is -2.07. The van der Waals surface area contributed by atoms with Crippen LogP contribution in [0, 0.1) is 0 Å². The van der Waals surface area contributed by atoms with Gasteiger partial charge >= 0.3 is 0 Å². The first-order valence-electron chi connectivity index (χ1n) is 5.53. The Morgan fingerprint density at radius 1 is 1.50 bits per heavy atom. The number of hydrogen-bond acceptors (Lipinski definition) is 3. The van der Waals surface area contributed by atoms with Crippen LogP contribution in [0.4, 0.5) is 0 Å². The molecule has 0 aromatic carbocycles. The molecule has 0 aromatic heterocycles. The van der Waals surface area contributed by atoms with Crippen LogP contribution in [0.2, 0.25) is 0 Å². The SMILES string of the molecule is [2H]C([2H])(O)CCCOC1CCCCO1. The van der Waals surface area contributed by atoms with Gasteiger partial charge in [0.05, 0.1) is 2.74 Å². The van der Waals surface area contributed by atoms with Crippen molar-refractivity contribution < 1.29 is 17.3 Å². The maximum atomic E-state index is 8.80. The lowest BCUT2D eigenvalue weighted by Gasteiger charge is -2.22. The van der Waals surface area contributed by atoms with E-state index in [1.807, 2.05) is 0 Å². The van der Waals surface area contributed by atoms with E-state index in [4.69, 9.17) is 17.3 Å². The van der Waals surface area contributed by atoms with Crippen LogP contribution in [0.15, 0.2) is 0 Å². The average Bonchev–Trinajstić information content (AvgIpc) is 2.13. The number of rotatable bonds is 5. The second kappa shape index (κ2) is 6.40. The fourth-order valence-corrected chi connectivity index (χ4v) is 1.21. The van der Waals surface area contributed by atoms with Crippen molar-refractivity contribution in [2.75, 3.05) is 19.8 Å². The Labute approximate surface area is 76.5 Å². The zero-order valence-electron chi connectivity index (χ0n) is 9.29. The fraction of sp³-hybridized carbons (Fsp3) is 1.00. The number of aliphatic hydroxyl groups is 1. The van der Waals surface area contributed by atoms with E-state index in [2.05, 4.69) is 0 Å². The van der Waals surface area contributed by atoms with Crippen molar-refractivity contribution in [3.8, 4) is 0 Å². The Morgan fingerprint density at radius 2 is 2.42 bits per heavy atom. The zero-order chi connectivity index (χ0) is 10.4. The zero-order valence-corrected chi connectivity index (χ0v) is 7.29. The highest BCUT2D eigenvalue weighted by molar-refractivity contribution is 4.53. The predicted octanol–water partition coefficient (Wildman–Crippen LogP) is 1.30. The highest BCUT2D eigenvalue weighted by atomic mass is 16.7. The molecule has 1 rings (SSSR count). The quantitative estimate of drug-likeness (QED) is 0.642. The van der Waals surface area contributed by atoms with Crippen molar-refractivity contribution in [1.29, 1.82) is 0 Å². The van der Waals surface area contributed by atoms with E-state index < -0.39 is 6.56 Å². The van der Waals surface area contributed by atoms with E-state index in [9.17, 15) is 0 Å². The van der Waals surface area contributed by atoms with Crippen molar-refractivity contribution in [1.82, 2.24) is 0 Å². The minimum absolute atomic E-state index is 0.111. The molecule has 1 aliphatic heterocycles. The summed E-state index contributed by atoms with van der Waals surface area (Å²) >= 11 is 0. The molecule has 0 radical (unpaired) electrons. The van der Waals surface area contributed by atoms with Crippen molar-refractivity contribution in [2.45, 2.75) is 38.4 Å². The van der Waals surface area contributed by atoms with Gasteiger partial charge in [-0.2, -0.15) is 0 Å². The number of ether oxygens (including phenoxy) is 2. The fourth-order valence-electron chi connectivity index (χ4n) is 1.21. The summed E-state index contributed by atoms with van der Waals surface area (Å²) in [6, 6.07) is 0. The van der Waals surface area contributed by atoms with Gasteiger partial charge < -0.3 is 14.6 Å². The van der Waals surface area contributed by atoms with Gasteiger partial charge in [-0.15, -0.1) is 0 Å². The van der Waals surface area contributed by atoms with E-state index in [-0.39, 0.29) is 12.7 Å². The summed E-state index contributed by atoms with van der Waals surface area (Å²) in [6.07, 6.45) is 3.66. The molecule has 0 saturated carbocycles. The molecule has 3 heteroatoms. The molecule has 72 valence electrons. The molecule has 12 heavy (non-hydrogen) atoms. The van der Waals surface area contributed by atoms with Crippen LogP contribution in [-0.4, -0.2) is 31.2 Å². The van der Waals surface area contributed by atoms with Crippen molar-refractivity contribution in [3.63, 3.8) is 0 Å². The van der Waals surface area contributed by atoms with Gasteiger partial charge in [0.15, 0.2) is 6.29 Å². The summed E-state index contributed by atoms with van der Waals surface area (Å²) in [5, 5.41) is 8.80. The molecule has 0 spiro atoms. The molecule has 1 aliphatic rings. The van der Waals surface area contributed by atoms with Gasteiger partial charge in [0, 0.05) is 19.8 Å². The van der Waals surface area contributed by atoms with Gasteiger partial charge in [-0.1, -0.05) is 0 Å². The van der Waals surface area contributed by atoms with E-state index in [1.165, 1.54) is 0 Å². The third kappa shape index (κ3) is 4.04. The first kappa shape index (κ1) is 7.30. The van der Waals surface area contributed by atoms with Crippen LogP contribution >= 0.6 is 0 Å². The molecule has 3 nitrogen and oxygen atoms in total. The molecule has 1 saturated heterocycles. The lowest BCUT2D eigenvalue weighted by atomic mass is 10.2. The second-order valence-corrected chi connectivity index (χ2v) is 2.93. The third-order valence-electron chi connectivity index (χ3n) is 1.87. The normalized spacial score (nSPS) is 27.9. The van der Waals surface area contributed by atoms with Crippen LogP contribution in [0.25, 0.3) is 0 Å². The van der Waals surface area contributed by atoms with Gasteiger partial charge in [0.25, 0.3) is 0 Å². The number of hydrogen-bond donors (Lipinski definition) is 1. The summed E-state index contributed by atoms with van der Waals surface area (Å²) < 4.78 is 24.5. The molecule has 0 amide bonds. The molecule has 1 N–H and O–H groups in total. The molecule has 0 aromatic rings. The monoisotopic (exact) mass is 176 g/mol. The van der Waals surface area contributed by atoms with Crippen LogP contribution in [0.5, 0.6) is 0 Å². The van der Waals surface area contributed by atoms with Gasteiger partial charge in [-0.3, -0.25) is 0 Å². The second-order valence-electron chi connectivity index (χ2n) is 2.93. The van der Waals surface area contributed by atoms with Crippen LogP contribution < -0.4 is 0 Å². The summed E-state index contributed by atoms with van der Waals surface area (Å²) in [5.41, 5.74) is 0. The molecule has 1 fully saturated rings. The Hall–Kier alpha value is -0.120. The Balaban J connectivity index is 1.97. The van der Waals surface area contributed by atoms with Crippen molar-refractivity contribution in [3.05, 3.63) is 0 Å². The molecule has 1 unspecified atom stereocenters. The molecule has 0 bridgehead atoms. The average molecular weight is 176 g/mol. The van der Waals surface area contributed by atoms with E-state index >= 15 is 0 Å². The molecular formula is C9H18O3. The molecular weight excluding hydrogens is 156 g/mol. The van der Waals surface area contributed by atoms with Gasteiger partial charge in [-0.25, -0.2) is 0 Å². The molecule has 1 heterocycles. The van der Waals surface area contributed by atoms with E-state index in [0.717, 1.165) is 25.9 Å². The standard InChI is InChI=1S/C9H18O3/c10-6-2-4-8-12-9-5-1-3-7-11-9/h9-10H,1-8H2/i6D2. The van der Waals surface area contributed by atoms with Gasteiger partial charge in [-0.05, 0) is 32.1 Å².